The molecule has 6 heteroatoms. The van der Waals surface area contributed by atoms with Crippen molar-refractivity contribution >= 4 is 11.4 Å². The predicted molar refractivity (Wildman–Crippen MR) is 60.0 cm³/mol. The minimum Gasteiger partial charge on any atom is -0.490 e. The molecule has 0 atom stereocenters. The average molecular weight is 226 g/mol. The largest absolute Gasteiger partial charge is 0.490 e. The van der Waals surface area contributed by atoms with Gasteiger partial charge < -0.3 is 14.8 Å². The van der Waals surface area contributed by atoms with Crippen molar-refractivity contribution in [3.05, 3.63) is 28.3 Å². The molecule has 1 aromatic rings. The van der Waals surface area contributed by atoms with Crippen LogP contribution in [0.25, 0.3) is 0 Å². The fourth-order valence-corrected chi connectivity index (χ4v) is 1.24. The average Bonchev–Trinajstić information content (AvgIpc) is 2.29. The van der Waals surface area contributed by atoms with Crippen LogP contribution in [0.15, 0.2) is 18.2 Å². The highest BCUT2D eigenvalue weighted by molar-refractivity contribution is 5.57. The van der Waals surface area contributed by atoms with Crippen molar-refractivity contribution in [2.45, 2.75) is 0 Å². The second-order valence-electron chi connectivity index (χ2n) is 3.06. The van der Waals surface area contributed by atoms with Gasteiger partial charge in [-0.1, -0.05) is 0 Å². The zero-order valence-electron chi connectivity index (χ0n) is 9.23. The first-order valence-electron chi connectivity index (χ1n) is 4.74. The molecule has 0 bridgehead atoms. The standard InChI is InChI=1S/C10H14N2O4/c1-15-6-5-11-8-3-4-9(12(13)14)10(7-8)16-2/h3-4,7,11H,5-6H2,1-2H3. The molecule has 0 unspecified atom stereocenters. The molecule has 88 valence electrons. The van der Waals surface area contributed by atoms with Crippen molar-refractivity contribution in [1.82, 2.24) is 0 Å². The molecule has 0 saturated carbocycles. The number of nitro groups is 1. The lowest BCUT2D eigenvalue weighted by Gasteiger charge is -2.07. The molecule has 0 amide bonds. The number of rotatable bonds is 6. The molecule has 0 spiro atoms. The third-order valence-electron chi connectivity index (χ3n) is 2.01. The molecule has 16 heavy (non-hydrogen) atoms. The highest BCUT2D eigenvalue weighted by Gasteiger charge is 2.14. The Balaban J connectivity index is 2.78. The summed E-state index contributed by atoms with van der Waals surface area (Å²) in [6, 6.07) is 4.64. The number of hydrogen-bond donors (Lipinski definition) is 1. The molecule has 1 aromatic carbocycles. The third kappa shape index (κ3) is 3.09. The van der Waals surface area contributed by atoms with Gasteiger partial charge in [0.2, 0.25) is 0 Å². The van der Waals surface area contributed by atoms with E-state index in [4.69, 9.17) is 9.47 Å². The molecular weight excluding hydrogens is 212 g/mol. The molecule has 0 saturated heterocycles. The monoisotopic (exact) mass is 226 g/mol. The number of hydrogen-bond acceptors (Lipinski definition) is 5. The second kappa shape index (κ2) is 5.92. The second-order valence-corrected chi connectivity index (χ2v) is 3.06. The molecule has 0 aliphatic carbocycles. The minimum absolute atomic E-state index is 0.0419. The molecule has 6 nitrogen and oxygen atoms in total. The van der Waals surface area contributed by atoms with Gasteiger partial charge in [-0.25, -0.2) is 0 Å². The molecule has 1 N–H and O–H groups in total. The predicted octanol–water partition coefficient (Wildman–Crippen LogP) is 1.66. The summed E-state index contributed by atoms with van der Waals surface area (Å²) in [6.07, 6.45) is 0. The van der Waals surface area contributed by atoms with Crippen LogP contribution in [0.3, 0.4) is 0 Å². The van der Waals surface area contributed by atoms with E-state index in [1.807, 2.05) is 0 Å². The Morgan fingerprint density at radius 3 is 2.75 bits per heavy atom. The zero-order valence-corrected chi connectivity index (χ0v) is 9.23. The number of methoxy groups -OCH3 is 2. The van der Waals surface area contributed by atoms with Crippen LogP contribution in [-0.2, 0) is 4.74 Å². The van der Waals surface area contributed by atoms with E-state index in [1.165, 1.54) is 13.2 Å². The zero-order chi connectivity index (χ0) is 12.0. The summed E-state index contributed by atoms with van der Waals surface area (Å²) in [5.74, 6) is 0.243. The van der Waals surface area contributed by atoms with E-state index < -0.39 is 4.92 Å². The first kappa shape index (κ1) is 12.3. The van der Waals surface area contributed by atoms with Crippen molar-refractivity contribution in [1.29, 1.82) is 0 Å². The summed E-state index contributed by atoms with van der Waals surface area (Å²) in [4.78, 5) is 10.2. The number of benzene rings is 1. The number of nitro benzene ring substituents is 1. The highest BCUT2D eigenvalue weighted by atomic mass is 16.6. The van der Waals surface area contributed by atoms with E-state index in [2.05, 4.69) is 5.32 Å². The van der Waals surface area contributed by atoms with Crippen LogP contribution in [0.5, 0.6) is 5.75 Å². The lowest BCUT2D eigenvalue weighted by Crippen LogP contribution is -2.07. The fourth-order valence-electron chi connectivity index (χ4n) is 1.24. The van der Waals surface area contributed by atoms with Crippen LogP contribution in [-0.4, -0.2) is 32.3 Å². The van der Waals surface area contributed by atoms with Crippen LogP contribution in [0.2, 0.25) is 0 Å². The van der Waals surface area contributed by atoms with E-state index in [1.54, 1.807) is 19.2 Å². The van der Waals surface area contributed by atoms with E-state index in [-0.39, 0.29) is 11.4 Å². The lowest BCUT2D eigenvalue weighted by molar-refractivity contribution is -0.385. The summed E-state index contributed by atoms with van der Waals surface area (Å²) in [5.41, 5.74) is 0.722. The van der Waals surface area contributed by atoms with Gasteiger partial charge in [0.1, 0.15) is 0 Å². The van der Waals surface area contributed by atoms with Crippen LogP contribution in [0.4, 0.5) is 11.4 Å². The Labute approximate surface area is 93.3 Å². The smallest absolute Gasteiger partial charge is 0.311 e. The third-order valence-corrected chi connectivity index (χ3v) is 2.01. The van der Waals surface area contributed by atoms with Gasteiger partial charge >= 0.3 is 5.69 Å². The highest BCUT2D eigenvalue weighted by Crippen LogP contribution is 2.29. The molecule has 0 radical (unpaired) electrons. The summed E-state index contributed by atoms with van der Waals surface area (Å²) in [6.45, 7) is 1.21. The Hall–Kier alpha value is -1.82. The summed E-state index contributed by atoms with van der Waals surface area (Å²) >= 11 is 0. The molecule has 0 fully saturated rings. The maximum Gasteiger partial charge on any atom is 0.311 e. The van der Waals surface area contributed by atoms with Crippen LogP contribution < -0.4 is 10.1 Å². The lowest BCUT2D eigenvalue weighted by atomic mass is 10.2. The van der Waals surface area contributed by atoms with E-state index >= 15 is 0 Å². The maximum absolute atomic E-state index is 10.6. The van der Waals surface area contributed by atoms with Gasteiger partial charge in [-0.3, -0.25) is 10.1 Å². The van der Waals surface area contributed by atoms with Gasteiger partial charge in [0, 0.05) is 31.5 Å². The fraction of sp³-hybridized carbons (Fsp3) is 0.400. The Bertz CT molecular complexity index is 368. The van der Waals surface area contributed by atoms with Crippen LogP contribution >= 0.6 is 0 Å². The Morgan fingerprint density at radius 2 is 2.19 bits per heavy atom. The van der Waals surface area contributed by atoms with Gasteiger partial charge in [0.15, 0.2) is 5.75 Å². The Kier molecular flexibility index (Phi) is 4.53. The van der Waals surface area contributed by atoms with Gasteiger partial charge in [0.25, 0.3) is 0 Å². The summed E-state index contributed by atoms with van der Waals surface area (Å²) in [7, 11) is 3.01. The van der Waals surface area contributed by atoms with Crippen LogP contribution in [0.1, 0.15) is 0 Å². The summed E-state index contributed by atoms with van der Waals surface area (Å²) < 4.78 is 9.82. The van der Waals surface area contributed by atoms with Crippen molar-refractivity contribution in [2.24, 2.45) is 0 Å². The minimum atomic E-state index is -0.474. The van der Waals surface area contributed by atoms with E-state index in [0.717, 1.165) is 5.69 Å². The van der Waals surface area contributed by atoms with E-state index in [9.17, 15) is 10.1 Å². The quantitative estimate of drug-likeness (QED) is 0.453. The van der Waals surface area contributed by atoms with Crippen LogP contribution in [0, 0.1) is 10.1 Å². The molecule has 0 aliphatic rings. The topological polar surface area (TPSA) is 73.6 Å². The summed E-state index contributed by atoms with van der Waals surface area (Å²) in [5, 5.41) is 13.7. The normalized spacial score (nSPS) is 9.88. The first-order valence-corrected chi connectivity index (χ1v) is 4.74. The van der Waals surface area contributed by atoms with Crippen molar-refractivity contribution in [3.63, 3.8) is 0 Å². The molecular formula is C10H14N2O4. The number of anilines is 1. The number of ether oxygens (including phenoxy) is 2. The number of nitrogens with zero attached hydrogens (tertiary/aromatic N) is 1. The van der Waals surface area contributed by atoms with Crippen molar-refractivity contribution in [3.8, 4) is 5.75 Å². The van der Waals surface area contributed by atoms with Gasteiger partial charge in [-0.2, -0.15) is 0 Å². The first-order chi connectivity index (χ1) is 7.69. The maximum atomic E-state index is 10.6. The van der Waals surface area contributed by atoms with Gasteiger partial charge in [0.05, 0.1) is 18.6 Å². The molecule has 0 aromatic heterocycles. The molecule has 1 rings (SSSR count). The van der Waals surface area contributed by atoms with Crippen molar-refractivity contribution < 1.29 is 14.4 Å². The number of nitrogens with one attached hydrogen (secondary N) is 1. The molecule has 0 heterocycles. The molecule has 0 aliphatic heterocycles. The Morgan fingerprint density at radius 1 is 1.44 bits per heavy atom. The van der Waals surface area contributed by atoms with Gasteiger partial charge in [-0.15, -0.1) is 0 Å². The van der Waals surface area contributed by atoms with Crippen molar-refractivity contribution in [2.75, 3.05) is 32.7 Å². The van der Waals surface area contributed by atoms with E-state index in [0.29, 0.717) is 13.2 Å². The SMILES string of the molecule is COCCNc1ccc([N+](=O)[O-])c(OC)c1. The van der Waals surface area contributed by atoms with Gasteiger partial charge in [-0.05, 0) is 6.07 Å².